The Balaban J connectivity index is 1.87. The second-order valence-corrected chi connectivity index (χ2v) is 5.39. The van der Waals surface area contributed by atoms with Crippen LogP contribution >= 0.6 is 23.2 Å². The summed E-state index contributed by atoms with van der Waals surface area (Å²) in [6.07, 6.45) is 0. The number of carbonyl (C=O) groups is 1. The van der Waals surface area contributed by atoms with Crippen LogP contribution in [-0.4, -0.2) is 19.1 Å². The fourth-order valence-corrected chi connectivity index (χ4v) is 2.38. The van der Waals surface area contributed by atoms with Crippen LogP contribution in [0.15, 0.2) is 42.5 Å². The molecule has 0 saturated carbocycles. The van der Waals surface area contributed by atoms with Crippen LogP contribution < -0.4 is 15.4 Å². The van der Waals surface area contributed by atoms with Crippen molar-refractivity contribution in [3.8, 4) is 5.75 Å². The summed E-state index contributed by atoms with van der Waals surface area (Å²) in [5.41, 5.74) is 1.40. The number of carbonyl (C=O) groups excluding carboxylic acids is 1. The Morgan fingerprint density at radius 3 is 2.27 bits per heavy atom. The van der Waals surface area contributed by atoms with Crippen LogP contribution in [0.5, 0.6) is 5.75 Å². The van der Waals surface area contributed by atoms with E-state index in [0.717, 1.165) is 11.4 Å². The highest BCUT2D eigenvalue weighted by Gasteiger charge is 2.04. The fourth-order valence-electron chi connectivity index (χ4n) is 1.85. The molecule has 2 aromatic carbocycles. The standard InChI is InChI=1S/C16H16Cl2N2O2/c1-2-22-15-5-3-13(4-6-15)19-10-16(21)20-14-8-11(17)7-12(18)9-14/h3-9,19H,2,10H2,1H3,(H,20,21). The molecular formula is C16H16Cl2N2O2. The van der Waals surface area contributed by atoms with E-state index in [-0.39, 0.29) is 12.5 Å². The lowest BCUT2D eigenvalue weighted by Gasteiger charge is -2.09. The monoisotopic (exact) mass is 338 g/mol. The number of nitrogens with one attached hydrogen (secondary N) is 2. The highest BCUT2D eigenvalue weighted by Crippen LogP contribution is 2.22. The van der Waals surface area contributed by atoms with Gasteiger partial charge in [0.15, 0.2) is 0 Å². The van der Waals surface area contributed by atoms with Gasteiger partial charge in [0.25, 0.3) is 0 Å². The number of rotatable bonds is 6. The minimum absolute atomic E-state index is 0.137. The molecule has 4 nitrogen and oxygen atoms in total. The van der Waals surface area contributed by atoms with E-state index in [9.17, 15) is 4.79 Å². The fraction of sp³-hybridized carbons (Fsp3) is 0.188. The Labute approximate surface area is 139 Å². The van der Waals surface area contributed by atoms with E-state index in [1.54, 1.807) is 18.2 Å². The molecule has 6 heteroatoms. The van der Waals surface area contributed by atoms with Crippen LogP contribution in [0.4, 0.5) is 11.4 Å². The third-order valence-electron chi connectivity index (χ3n) is 2.76. The molecule has 0 fully saturated rings. The Hall–Kier alpha value is -1.91. The number of ether oxygens (including phenoxy) is 1. The van der Waals surface area contributed by atoms with Gasteiger partial charge in [-0.3, -0.25) is 4.79 Å². The minimum Gasteiger partial charge on any atom is -0.494 e. The van der Waals surface area contributed by atoms with E-state index >= 15 is 0 Å². The van der Waals surface area contributed by atoms with Crippen molar-refractivity contribution in [3.05, 3.63) is 52.5 Å². The zero-order chi connectivity index (χ0) is 15.9. The van der Waals surface area contributed by atoms with Crippen LogP contribution in [0, 0.1) is 0 Å². The third-order valence-corrected chi connectivity index (χ3v) is 3.20. The molecule has 0 heterocycles. The zero-order valence-corrected chi connectivity index (χ0v) is 13.5. The van der Waals surface area contributed by atoms with Gasteiger partial charge in [-0.2, -0.15) is 0 Å². The van der Waals surface area contributed by atoms with E-state index in [1.165, 1.54) is 0 Å². The molecule has 2 aromatic rings. The molecule has 0 radical (unpaired) electrons. The van der Waals surface area contributed by atoms with Crippen LogP contribution in [0.3, 0.4) is 0 Å². The van der Waals surface area contributed by atoms with Crippen molar-refractivity contribution >= 4 is 40.5 Å². The summed E-state index contributed by atoms with van der Waals surface area (Å²) in [6, 6.07) is 12.3. The van der Waals surface area contributed by atoms with Crippen LogP contribution in [-0.2, 0) is 4.79 Å². The molecular weight excluding hydrogens is 323 g/mol. The van der Waals surface area contributed by atoms with Gasteiger partial charge < -0.3 is 15.4 Å². The van der Waals surface area contributed by atoms with Crippen LogP contribution in [0.25, 0.3) is 0 Å². The van der Waals surface area contributed by atoms with Gasteiger partial charge in [0.05, 0.1) is 13.2 Å². The summed E-state index contributed by atoms with van der Waals surface area (Å²) in [5.74, 6) is 0.610. The predicted molar refractivity (Wildman–Crippen MR) is 91.2 cm³/mol. The van der Waals surface area contributed by atoms with Crippen molar-refractivity contribution in [1.29, 1.82) is 0 Å². The summed E-state index contributed by atoms with van der Waals surface area (Å²) in [5, 5.41) is 6.71. The number of amides is 1. The first-order valence-corrected chi connectivity index (χ1v) is 7.55. The van der Waals surface area contributed by atoms with Gasteiger partial charge in [0.2, 0.25) is 5.91 Å². The van der Waals surface area contributed by atoms with Gasteiger partial charge in [0, 0.05) is 21.4 Å². The van der Waals surface area contributed by atoms with Crippen molar-refractivity contribution in [2.45, 2.75) is 6.92 Å². The van der Waals surface area contributed by atoms with Crippen molar-refractivity contribution < 1.29 is 9.53 Å². The van der Waals surface area contributed by atoms with Gasteiger partial charge in [-0.1, -0.05) is 23.2 Å². The molecule has 116 valence electrons. The number of benzene rings is 2. The third kappa shape index (κ3) is 5.13. The Kier molecular flexibility index (Phi) is 5.92. The maximum absolute atomic E-state index is 11.9. The van der Waals surface area contributed by atoms with Gasteiger partial charge in [-0.25, -0.2) is 0 Å². The van der Waals surface area contributed by atoms with Crippen molar-refractivity contribution in [3.63, 3.8) is 0 Å². The maximum atomic E-state index is 11.9. The second-order valence-electron chi connectivity index (χ2n) is 4.52. The summed E-state index contributed by atoms with van der Waals surface area (Å²) in [4.78, 5) is 11.9. The number of anilines is 2. The largest absolute Gasteiger partial charge is 0.494 e. The lowest BCUT2D eigenvalue weighted by Crippen LogP contribution is -2.21. The smallest absolute Gasteiger partial charge is 0.243 e. The van der Waals surface area contributed by atoms with E-state index in [2.05, 4.69) is 10.6 Å². The van der Waals surface area contributed by atoms with Crippen LogP contribution in [0.2, 0.25) is 10.0 Å². The van der Waals surface area contributed by atoms with Gasteiger partial charge >= 0.3 is 0 Å². The van der Waals surface area contributed by atoms with E-state index in [4.69, 9.17) is 27.9 Å². The number of hydrogen-bond donors (Lipinski definition) is 2. The molecule has 0 aromatic heterocycles. The summed E-state index contributed by atoms with van der Waals surface area (Å²) in [6.45, 7) is 2.69. The first-order chi connectivity index (χ1) is 10.6. The quantitative estimate of drug-likeness (QED) is 0.818. The summed E-state index contributed by atoms with van der Waals surface area (Å²) < 4.78 is 5.36. The van der Waals surface area contributed by atoms with E-state index < -0.39 is 0 Å². The lowest BCUT2D eigenvalue weighted by atomic mass is 10.3. The van der Waals surface area contributed by atoms with Gasteiger partial charge in [-0.15, -0.1) is 0 Å². The summed E-state index contributed by atoms with van der Waals surface area (Å²) in [7, 11) is 0. The normalized spacial score (nSPS) is 10.1. The van der Waals surface area contributed by atoms with E-state index in [1.807, 2.05) is 31.2 Å². The average Bonchev–Trinajstić information content (AvgIpc) is 2.46. The predicted octanol–water partition coefficient (Wildman–Crippen LogP) is 4.44. The highest BCUT2D eigenvalue weighted by molar-refractivity contribution is 6.35. The first kappa shape index (κ1) is 16.5. The number of hydrogen-bond acceptors (Lipinski definition) is 3. The highest BCUT2D eigenvalue weighted by atomic mass is 35.5. The van der Waals surface area contributed by atoms with Crippen molar-refractivity contribution in [2.24, 2.45) is 0 Å². The molecule has 2 rings (SSSR count). The molecule has 2 N–H and O–H groups in total. The molecule has 0 saturated heterocycles. The Bertz CT molecular complexity index is 625. The van der Waals surface area contributed by atoms with Crippen molar-refractivity contribution in [2.75, 3.05) is 23.8 Å². The Morgan fingerprint density at radius 2 is 1.68 bits per heavy atom. The second kappa shape index (κ2) is 7.92. The molecule has 0 aliphatic rings. The van der Waals surface area contributed by atoms with Crippen LogP contribution in [0.1, 0.15) is 6.92 Å². The zero-order valence-electron chi connectivity index (χ0n) is 12.0. The van der Waals surface area contributed by atoms with Gasteiger partial charge in [-0.05, 0) is 49.4 Å². The first-order valence-electron chi connectivity index (χ1n) is 6.79. The Morgan fingerprint density at radius 1 is 1.05 bits per heavy atom. The minimum atomic E-state index is -0.188. The molecule has 0 aliphatic carbocycles. The average molecular weight is 339 g/mol. The molecule has 1 amide bonds. The maximum Gasteiger partial charge on any atom is 0.243 e. The summed E-state index contributed by atoms with van der Waals surface area (Å²) >= 11 is 11.8. The van der Waals surface area contributed by atoms with Gasteiger partial charge in [0.1, 0.15) is 5.75 Å². The SMILES string of the molecule is CCOc1ccc(NCC(=O)Nc2cc(Cl)cc(Cl)c2)cc1. The molecule has 0 aliphatic heterocycles. The van der Waals surface area contributed by atoms with E-state index in [0.29, 0.717) is 22.3 Å². The topological polar surface area (TPSA) is 50.4 Å². The molecule has 0 spiro atoms. The molecule has 0 atom stereocenters. The number of halogens is 2. The molecule has 0 bridgehead atoms. The molecule has 22 heavy (non-hydrogen) atoms. The van der Waals surface area contributed by atoms with Crippen molar-refractivity contribution in [1.82, 2.24) is 0 Å². The molecule has 0 unspecified atom stereocenters. The lowest BCUT2D eigenvalue weighted by molar-refractivity contribution is -0.114.